The molecule has 15 heavy (non-hydrogen) atoms. The van der Waals surface area contributed by atoms with Gasteiger partial charge in [-0.3, -0.25) is 4.79 Å². The molecule has 0 aliphatic carbocycles. The van der Waals surface area contributed by atoms with Crippen LogP contribution in [-0.2, 0) is 4.79 Å². The number of benzene rings is 1. The third-order valence-electron chi connectivity index (χ3n) is 2.07. The van der Waals surface area contributed by atoms with Crippen LogP contribution < -0.4 is 5.32 Å². The van der Waals surface area contributed by atoms with Gasteiger partial charge in [0.1, 0.15) is 0 Å². The Hall–Kier alpha value is -1.00. The van der Waals surface area contributed by atoms with Crippen LogP contribution in [0.3, 0.4) is 0 Å². The minimum Gasteiger partial charge on any atom is -0.359 e. The van der Waals surface area contributed by atoms with Gasteiger partial charge in [0.15, 0.2) is 0 Å². The number of hydrogen-bond donors (Lipinski definition) is 2. The maximum atomic E-state index is 11.2. The summed E-state index contributed by atoms with van der Waals surface area (Å²) in [5.74, 6) is -0.0896. The minimum absolute atomic E-state index is 0.0896. The fourth-order valence-corrected chi connectivity index (χ4v) is 1.77. The van der Waals surface area contributed by atoms with E-state index in [1.54, 1.807) is 18.3 Å². The molecule has 2 aromatic rings. The van der Waals surface area contributed by atoms with Gasteiger partial charge in [0, 0.05) is 11.6 Å². The molecule has 0 aliphatic rings. The van der Waals surface area contributed by atoms with Crippen LogP contribution in [0.5, 0.6) is 0 Å². The van der Waals surface area contributed by atoms with E-state index in [0.717, 1.165) is 16.6 Å². The van der Waals surface area contributed by atoms with E-state index in [-0.39, 0.29) is 11.2 Å². The maximum Gasteiger partial charge on any atom is 0.235 e. The van der Waals surface area contributed by atoms with Gasteiger partial charge in [-0.15, -0.1) is 0 Å². The van der Waals surface area contributed by atoms with Crippen molar-refractivity contribution in [1.82, 2.24) is 4.98 Å². The zero-order valence-corrected chi connectivity index (χ0v) is 10.0. The minimum atomic E-state index is -0.0896. The summed E-state index contributed by atoms with van der Waals surface area (Å²) in [7, 11) is 0. The molecule has 0 saturated carbocycles. The molecule has 1 aromatic carbocycles. The zero-order chi connectivity index (χ0) is 10.8. The van der Waals surface area contributed by atoms with Crippen molar-refractivity contribution in [2.75, 3.05) is 10.6 Å². The molecule has 1 amide bonds. The SMILES string of the molecule is O=C(CBr)Nc1ccc(Cl)c2cc[nH]c12. The summed E-state index contributed by atoms with van der Waals surface area (Å²) in [6.07, 6.45) is 1.79. The van der Waals surface area contributed by atoms with Crippen molar-refractivity contribution in [3.8, 4) is 0 Å². The highest BCUT2D eigenvalue weighted by molar-refractivity contribution is 9.09. The number of halogens is 2. The maximum absolute atomic E-state index is 11.2. The second-order valence-electron chi connectivity index (χ2n) is 3.04. The Kier molecular flexibility index (Phi) is 2.98. The summed E-state index contributed by atoms with van der Waals surface area (Å²) in [5.41, 5.74) is 1.58. The van der Waals surface area contributed by atoms with Crippen molar-refractivity contribution in [3.63, 3.8) is 0 Å². The Morgan fingerprint density at radius 2 is 2.27 bits per heavy atom. The second kappa shape index (κ2) is 4.24. The molecular weight excluding hydrogens is 279 g/mol. The molecule has 5 heteroatoms. The summed E-state index contributed by atoms with van der Waals surface area (Å²) in [6.45, 7) is 0. The lowest BCUT2D eigenvalue weighted by molar-refractivity contribution is -0.113. The average Bonchev–Trinajstić information content (AvgIpc) is 2.71. The first-order valence-electron chi connectivity index (χ1n) is 4.34. The van der Waals surface area contributed by atoms with Crippen LogP contribution in [0, 0.1) is 0 Å². The Morgan fingerprint density at radius 3 is 3.00 bits per heavy atom. The first kappa shape index (κ1) is 10.5. The van der Waals surface area contributed by atoms with E-state index in [0.29, 0.717) is 5.02 Å². The van der Waals surface area contributed by atoms with Crippen LogP contribution in [0.4, 0.5) is 5.69 Å². The Bertz CT molecular complexity index is 509. The van der Waals surface area contributed by atoms with E-state index in [9.17, 15) is 4.79 Å². The molecule has 0 atom stereocenters. The van der Waals surface area contributed by atoms with E-state index >= 15 is 0 Å². The molecule has 1 aromatic heterocycles. The fraction of sp³-hybridized carbons (Fsp3) is 0.100. The average molecular weight is 288 g/mol. The number of carbonyl (C=O) groups is 1. The third-order valence-corrected chi connectivity index (χ3v) is 2.90. The molecule has 0 spiro atoms. The number of H-pyrrole nitrogens is 1. The van der Waals surface area contributed by atoms with Crippen molar-refractivity contribution in [3.05, 3.63) is 29.4 Å². The number of rotatable bonds is 2. The molecule has 2 rings (SSSR count). The molecule has 78 valence electrons. The van der Waals surface area contributed by atoms with E-state index in [2.05, 4.69) is 26.2 Å². The number of aromatic amines is 1. The van der Waals surface area contributed by atoms with Gasteiger partial charge < -0.3 is 10.3 Å². The monoisotopic (exact) mass is 286 g/mol. The van der Waals surface area contributed by atoms with Crippen LogP contribution >= 0.6 is 27.5 Å². The van der Waals surface area contributed by atoms with Crippen LogP contribution in [0.15, 0.2) is 24.4 Å². The van der Waals surface area contributed by atoms with Crippen molar-refractivity contribution in [2.24, 2.45) is 0 Å². The predicted molar refractivity (Wildman–Crippen MR) is 65.7 cm³/mol. The standard InChI is InChI=1S/C10H8BrClN2O/c11-5-9(15)14-8-2-1-7(12)6-3-4-13-10(6)8/h1-4,13H,5H2,(H,14,15). The highest BCUT2D eigenvalue weighted by atomic mass is 79.9. The predicted octanol–water partition coefficient (Wildman–Crippen LogP) is 3.15. The molecular formula is C10H8BrClN2O. The number of anilines is 1. The third kappa shape index (κ3) is 2.01. The molecule has 0 radical (unpaired) electrons. The Balaban J connectivity index is 2.48. The fourth-order valence-electron chi connectivity index (χ4n) is 1.41. The summed E-state index contributed by atoms with van der Waals surface area (Å²) < 4.78 is 0. The van der Waals surface area contributed by atoms with Gasteiger partial charge >= 0.3 is 0 Å². The topological polar surface area (TPSA) is 44.9 Å². The number of carbonyl (C=O) groups excluding carboxylic acids is 1. The number of hydrogen-bond acceptors (Lipinski definition) is 1. The van der Waals surface area contributed by atoms with Crippen molar-refractivity contribution >= 4 is 50.0 Å². The van der Waals surface area contributed by atoms with E-state index in [1.165, 1.54) is 0 Å². The number of amides is 1. The zero-order valence-electron chi connectivity index (χ0n) is 7.68. The number of fused-ring (bicyclic) bond motifs is 1. The smallest absolute Gasteiger partial charge is 0.235 e. The number of aromatic nitrogens is 1. The van der Waals surface area contributed by atoms with Gasteiger partial charge in [0.2, 0.25) is 5.91 Å². The molecule has 0 unspecified atom stereocenters. The molecule has 0 aliphatic heterocycles. The molecule has 2 N–H and O–H groups in total. The van der Waals surface area contributed by atoms with Crippen LogP contribution in [0.25, 0.3) is 10.9 Å². The van der Waals surface area contributed by atoms with Gasteiger partial charge in [0.25, 0.3) is 0 Å². The van der Waals surface area contributed by atoms with Gasteiger partial charge in [-0.1, -0.05) is 27.5 Å². The molecule has 0 bridgehead atoms. The van der Waals surface area contributed by atoms with Crippen molar-refractivity contribution in [2.45, 2.75) is 0 Å². The number of alkyl halides is 1. The highest BCUT2D eigenvalue weighted by Gasteiger charge is 2.07. The highest BCUT2D eigenvalue weighted by Crippen LogP contribution is 2.28. The van der Waals surface area contributed by atoms with Crippen LogP contribution in [0.1, 0.15) is 0 Å². The molecule has 0 fully saturated rings. The van der Waals surface area contributed by atoms with Crippen LogP contribution in [0.2, 0.25) is 5.02 Å². The summed E-state index contributed by atoms with van der Waals surface area (Å²) in [5, 5.41) is 4.62. The first-order chi connectivity index (χ1) is 7.22. The largest absolute Gasteiger partial charge is 0.359 e. The quantitative estimate of drug-likeness (QED) is 0.819. The molecule has 3 nitrogen and oxygen atoms in total. The summed E-state index contributed by atoms with van der Waals surface area (Å²) in [6, 6.07) is 5.42. The van der Waals surface area contributed by atoms with E-state index in [1.807, 2.05) is 6.07 Å². The van der Waals surface area contributed by atoms with E-state index in [4.69, 9.17) is 11.6 Å². The second-order valence-corrected chi connectivity index (χ2v) is 4.01. The van der Waals surface area contributed by atoms with Crippen molar-refractivity contribution in [1.29, 1.82) is 0 Å². The van der Waals surface area contributed by atoms with Crippen molar-refractivity contribution < 1.29 is 4.79 Å². The van der Waals surface area contributed by atoms with Gasteiger partial charge in [0.05, 0.1) is 21.6 Å². The van der Waals surface area contributed by atoms with Gasteiger partial charge in [-0.05, 0) is 18.2 Å². The van der Waals surface area contributed by atoms with Gasteiger partial charge in [-0.25, -0.2) is 0 Å². The Morgan fingerprint density at radius 1 is 1.47 bits per heavy atom. The summed E-state index contributed by atoms with van der Waals surface area (Å²) in [4.78, 5) is 14.3. The Labute approximate surface area is 99.9 Å². The van der Waals surface area contributed by atoms with Gasteiger partial charge in [-0.2, -0.15) is 0 Å². The normalized spacial score (nSPS) is 10.5. The van der Waals surface area contributed by atoms with Crippen LogP contribution in [-0.4, -0.2) is 16.2 Å². The van der Waals surface area contributed by atoms with E-state index < -0.39 is 0 Å². The first-order valence-corrected chi connectivity index (χ1v) is 5.83. The lowest BCUT2D eigenvalue weighted by Crippen LogP contribution is -2.12. The summed E-state index contributed by atoms with van der Waals surface area (Å²) >= 11 is 9.09. The lowest BCUT2D eigenvalue weighted by Gasteiger charge is -2.05. The molecule has 1 heterocycles. The number of nitrogens with one attached hydrogen (secondary N) is 2. The lowest BCUT2D eigenvalue weighted by atomic mass is 10.2. The molecule has 0 saturated heterocycles.